The van der Waals surface area contributed by atoms with Gasteiger partial charge >= 0.3 is 11.9 Å². The average molecular weight is 427 g/mol. The Kier molecular flexibility index (Phi) is 6.03. The molecule has 1 unspecified atom stereocenters. The number of nitrogens with zero attached hydrogens (tertiary/aromatic N) is 1. The Hall–Kier alpha value is -3.85. The molecule has 0 aliphatic heterocycles. The number of hydrogen-bond acceptors (Lipinski definition) is 6. The third kappa shape index (κ3) is 4.76. The molecule has 8 nitrogen and oxygen atoms in total. The Morgan fingerprint density at radius 2 is 1.67 bits per heavy atom. The topological polar surface area (TPSA) is 137 Å². The van der Waals surface area contributed by atoms with E-state index in [1.54, 1.807) is 30.3 Å². The first-order chi connectivity index (χ1) is 14.2. The van der Waals surface area contributed by atoms with Crippen molar-refractivity contribution in [1.82, 2.24) is 4.57 Å². The number of phenols is 2. The lowest BCUT2D eigenvalue weighted by atomic mass is 10.2. The van der Waals surface area contributed by atoms with Crippen LogP contribution in [0.3, 0.4) is 0 Å². The Labute approximate surface area is 173 Å². The first-order valence-corrected chi connectivity index (χ1v) is 9.53. The number of aliphatic carboxylic acids is 2. The molecule has 154 valence electrons. The van der Waals surface area contributed by atoms with Gasteiger partial charge in [0.2, 0.25) is 0 Å². The summed E-state index contributed by atoms with van der Waals surface area (Å²) in [4.78, 5) is 35.9. The third-order valence-electron chi connectivity index (χ3n) is 4.20. The van der Waals surface area contributed by atoms with Gasteiger partial charge in [0.05, 0.1) is 15.6 Å². The summed E-state index contributed by atoms with van der Waals surface area (Å²) >= 11 is 0.998. The van der Waals surface area contributed by atoms with Crippen LogP contribution >= 0.6 is 11.3 Å². The molecule has 0 aliphatic carbocycles. The Morgan fingerprint density at radius 3 is 2.27 bits per heavy atom. The fourth-order valence-electron chi connectivity index (χ4n) is 2.84. The van der Waals surface area contributed by atoms with Gasteiger partial charge in [0.1, 0.15) is 17.5 Å². The minimum Gasteiger partial charge on any atom is -0.508 e. The molecule has 1 heterocycles. The van der Waals surface area contributed by atoms with Crippen LogP contribution in [-0.2, 0) is 9.59 Å². The Bertz CT molecular complexity index is 1270. The van der Waals surface area contributed by atoms with Crippen LogP contribution < -0.4 is 14.8 Å². The van der Waals surface area contributed by atoms with Crippen molar-refractivity contribution < 1.29 is 30.0 Å². The van der Waals surface area contributed by atoms with Gasteiger partial charge in [0, 0.05) is 0 Å². The van der Waals surface area contributed by atoms with Crippen LogP contribution in [0.15, 0.2) is 53.3 Å². The SMILES string of the molecule is O=C(O)CC(C(=O)O)n1c(=Cc2ccc(O)cc2)sc(=Cc2cccc(O)c2)c1=O. The predicted molar refractivity (Wildman–Crippen MR) is 110 cm³/mol. The molecule has 0 aliphatic rings. The summed E-state index contributed by atoms with van der Waals surface area (Å²) in [6.07, 6.45) is 2.27. The molecule has 0 fully saturated rings. The van der Waals surface area contributed by atoms with Crippen LogP contribution in [0.25, 0.3) is 12.2 Å². The summed E-state index contributed by atoms with van der Waals surface area (Å²) in [6.45, 7) is 0. The lowest BCUT2D eigenvalue weighted by molar-refractivity contribution is -0.147. The lowest BCUT2D eigenvalue weighted by Crippen LogP contribution is -2.39. The standard InChI is InChI=1S/C21H17NO7S/c23-14-6-4-12(5-7-14)10-18-22(16(21(28)29)11-19(25)26)20(27)17(30-18)9-13-2-1-3-15(24)8-13/h1-10,16,23-24H,11H2,(H,25,26)(H,28,29). The van der Waals surface area contributed by atoms with Crippen molar-refractivity contribution >= 4 is 35.4 Å². The van der Waals surface area contributed by atoms with Crippen LogP contribution in [0, 0.1) is 0 Å². The molecule has 2 aromatic carbocycles. The molecular formula is C21H17NO7S. The maximum Gasteiger partial charge on any atom is 0.327 e. The maximum atomic E-state index is 13.0. The van der Waals surface area contributed by atoms with Gasteiger partial charge in [-0.2, -0.15) is 0 Å². The number of carboxylic acids is 2. The van der Waals surface area contributed by atoms with E-state index >= 15 is 0 Å². The molecule has 9 heteroatoms. The third-order valence-corrected chi connectivity index (χ3v) is 5.23. The normalized spacial score (nSPS) is 13.3. The summed E-state index contributed by atoms with van der Waals surface area (Å²) in [5, 5.41) is 37.7. The van der Waals surface area contributed by atoms with Gasteiger partial charge in [0.15, 0.2) is 0 Å². The van der Waals surface area contributed by atoms with Crippen molar-refractivity contribution in [2.24, 2.45) is 0 Å². The van der Waals surface area contributed by atoms with Crippen LogP contribution in [0.2, 0.25) is 0 Å². The van der Waals surface area contributed by atoms with E-state index in [9.17, 15) is 29.7 Å². The van der Waals surface area contributed by atoms with Crippen LogP contribution in [0.1, 0.15) is 23.6 Å². The first kappa shape index (κ1) is 20.9. The molecule has 4 N–H and O–H groups in total. The summed E-state index contributed by atoms with van der Waals surface area (Å²) < 4.78 is 1.37. The van der Waals surface area contributed by atoms with E-state index in [0.29, 0.717) is 11.1 Å². The van der Waals surface area contributed by atoms with E-state index in [1.807, 2.05) is 0 Å². The fourth-order valence-corrected chi connectivity index (χ4v) is 3.95. The first-order valence-electron chi connectivity index (χ1n) is 8.72. The zero-order chi connectivity index (χ0) is 21.8. The van der Waals surface area contributed by atoms with Crippen LogP contribution in [-0.4, -0.2) is 36.9 Å². The van der Waals surface area contributed by atoms with E-state index in [-0.39, 0.29) is 20.7 Å². The van der Waals surface area contributed by atoms with Crippen molar-refractivity contribution in [2.45, 2.75) is 12.5 Å². The van der Waals surface area contributed by atoms with Gasteiger partial charge < -0.3 is 20.4 Å². The number of aromatic nitrogens is 1. The van der Waals surface area contributed by atoms with E-state index in [4.69, 9.17) is 5.11 Å². The number of benzene rings is 2. The zero-order valence-electron chi connectivity index (χ0n) is 15.4. The van der Waals surface area contributed by atoms with Crippen molar-refractivity contribution in [2.75, 3.05) is 0 Å². The largest absolute Gasteiger partial charge is 0.508 e. The molecule has 3 aromatic rings. The molecule has 0 spiro atoms. The summed E-state index contributed by atoms with van der Waals surface area (Å²) in [7, 11) is 0. The van der Waals surface area contributed by atoms with E-state index in [1.165, 1.54) is 30.3 Å². The van der Waals surface area contributed by atoms with Crippen molar-refractivity contribution in [1.29, 1.82) is 0 Å². The van der Waals surface area contributed by atoms with Gasteiger partial charge in [-0.05, 0) is 47.5 Å². The monoisotopic (exact) mass is 427 g/mol. The summed E-state index contributed by atoms with van der Waals surface area (Å²) in [5.41, 5.74) is 0.468. The quantitative estimate of drug-likeness (QED) is 0.462. The van der Waals surface area contributed by atoms with E-state index in [2.05, 4.69) is 0 Å². The Balaban J connectivity index is 2.28. The second-order valence-electron chi connectivity index (χ2n) is 6.41. The molecule has 1 aromatic heterocycles. The van der Waals surface area contributed by atoms with Gasteiger partial charge in [-0.3, -0.25) is 14.2 Å². The number of rotatable bonds is 6. The molecule has 0 saturated heterocycles. The molecule has 1 atom stereocenters. The van der Waals surface area contributed by atoms with Crippen molar-refractivity contribution in [3.8, 4) is 11.5 Å². The lowest BCUT2D eigenvalue weighted by Gasteiger charge is -2.11. The van der Waals surface area contributed by atoms with Gasteiger partial charge in [-0.15, -0.1) is 11.3 Å². The van der Waals surface area contributed by atoms with Gasteiger partial charge in [-0.1, -0.05) is 24.3 Å². The van der Waals surface area contributed by atoms with Crippen LogP contribution in [0.4, 0.5) is 0 Å². The number of phenolic OH excluding ortho intramolecular Hbond substituents is 2. The van der Waals surface area contributed by atoms with Gasteiger partial charge in [-0.25, -0.2) is 4.79 Å². The molecule has 0 bridgehead atoms. The van der Waals surface area contributed by atoms with E-state index in [0.717, 1.165) is 15.9 Å². The highest BCUT2D eigenvalue weighted by Gasteiger charge is 2.26. The number of hydrogen-bond donors (Lipinski definition) is 4. The van der Waals surface area contributed by atoms with E-state index < -0.39 is 30.0 Å². The molecule has 0 saturated carbocycles. The molecular weight excluding hydrogens is 410 g/mol. The summed E-state index contributed by atoms with van der Waals surface area (Å²) in [5.74, 6) is -2.75. The molecule has 30 heavy (non-hydrogen) atoms. The minimum absolute atomic E-state index is 0.00537. The van der Waals surface area contributed by atoms with Gasteiger partial charge in [0.25, 0.3) is 5.56 Å². The highest BCUT2D eigenvalue weighted by atomic mass is 32.1. The number of aromatic hydroxyl groups is 2. The van der Waals surface area contributed by atoms with Crippen molar-refractivity contribution in [3.63, 3.8) is 0 Å². The fraction of sp³-hybridized carbons (Fsp3) is 0.0952. The minimum atomic E-state index is -1.60. The second-order valence-corrected chi connectivity index (χ2v) is 7.47. The molecule has 0 radical (unpaired) electrons. The highest BCUT2D eigenvalue weighted by Crippen LogP contribution is 2.13. The maximum absolute atomic E-state index is 13.0. The highest BCUT2D eigenvalue weighted by molar-refractivity contribution is 7.07. The second kappa shape index (κ2) is 8.66. The number of thiazole rings is 1. The zero-order valence-corrected chi connectivity index (χ0v) is 16.2. The molecule has 3 rings (SSSR count). The summed E-state index contributed by atoms with van der Waals surface area (Å²) in [6, 6.07) is 10.6. The average Bonchev–Trinajstić information content (AvgIpc) is 2.96. The van der Waals surface area contributed by atoms with Crippen LogP contribution in [0.5, 0.6) is 11.5 Å². The number of carboxylic acid groups (broad SMARTS) is 2. The van der Waals surface area contributed by atoms with Crippen molar-refractivity contribution in [3.05, 3.63) is 79.2 Å². The number of carbonyl (C=O) groups is 2. The predicted octanol–water partition coefficient (Wildman–Crippen LogP) is 1.08. The Morgan fingerprint density at radius 1 is 0.967 bits per heavy atom. The molecule has 0 amide bonds. The smallest absolute Gasteiger partial charge is 0.327 e.